The standard InChI is InChI=1S/C25H24N4O4/c1-25(28-24(32)27-16-30,10-9-17-5-8-22-18(12-17)4-3-11-26-22)15-29-14-19-6-7-20(33-2)13-21(19)23(29)31/h3-13,16H,14-15H2,1-2H3,(H2,27,28,30,32)/b10-9-/t25-/m1/s1. The second-order valence-corrected chi connectivity index (χ2v) is 8.11. The molecule has 0 radical (unpaired) electrons. The smallest absolute Gasteiger partial charge is 0.321 e. The molecule has 0 unspecified atom stereocenters. The lowest BCUT2D eigenvalue weighted by Crippen LogP contribution is -2.55. The monoisotopic (exact) mass is 444 g/mol. The second-order valence-electron chi connectivity index (χ2n) is 8.11. The highest BCUT2D eigenvalue weighted by molar-refractivity contribution is 5.99. The summed E-state index contributed by atoms with van der Waals surface area (Å²) in [5.74, 6) is 0.471. The van der Waals surface area contributed by atoms with Gasteiger partial charge < -0.3 is 15.0 Å². The van der Waals surface area contributed by atoms with E-state index in [1.54, 1.807) is 31.2 Å². The molecule has 0 aliphatic carbocycles. The molecule has 3 aromatic rings. The third kappa shape index (κ3) is 4.85. The highest BCUT2D eigenvalue weighted by atomic mass is 16.5. The molecule has 1 aliphatic heterocycles. The van der Waals surface area contributed by atoms with Gasteiger partial charge in [-0.2, -0.15) is 0 Å². The van der Waals surface area contributed by atoms with Gasteiger partial charge in [-0.05, 0) is 48.4 Å². The lowest BCUT2D eigenvalue weighted by molar-refractivity contribution is -0.108. The number of aromatic nitrogens is 1. The van der Waals surface area contributed by atoms with E-state index >= 15 is 0 Å². The molecule has 168 valence electrons. The number of hydrogen-bond acceptors (Lipinski definition) is 5. The van der Waals surface area contributed by atoms with Gasteiger partial charge in [0.25, 0.3) is 5.91 Å². The second kappa shape index (κ2) is 9.12. The van der Waals surface area contributed by atoms with Crippen LogP contribution < -0.4 is 15.4 Å². The van der Waals surface area contributed by atoms with Gasteiger partial charge in [-0.25, -0.2) is 4.79 Å². The number of amides is 4. The first kappa shape index (κ1) is 22.0. The van der Waals surface area contributed by atoms with Crippen LogP contribution in [0, 0.1) is 0 Å². The van der Waals surface area contributed by atoms with Crippen molar-refractivity contribution in [2.75, 3.05) is 13.7 Å². The third-order valence-corrected chi connectivity index (χ3v) is 5.57. The number of nitrogens with one attached hydrogen (secondary N) is 2. The van der Waals surface area contributed by atoms with E-state index in [2.05, 4.69) is 15.6 Å². The maximum Gasteiger partial charge on any atom is 0.321 e. The summed E-state index contributed by atoms with van der Waals surface area (Å²) in [6.07, 6.45) is 5.76. The van der Waals surface area contributed by atoms with Gasteiger partial charge in [0.15, 0.2) is 0 Å². The van der Waals surface area contributed by atoms with Gasteiger partial charge in [0, 0.05) is 30.2 Å². The molecule has 2 heterocycles. The number of carbonyl (C=O) groups excluding carboxylic acids is 3. The largest absolute Gasteiger partial charge is 0.497 e. The minimum atomic E-state index is -0.946. The molecule has 1 aromatic heterocycles. The van der Waals surface area contributed by atoms with Crippen LogP contribution in [-0.4, -0.2) is 47.4 Å². The van der Waals surface area contributed by atoms with E-state index in [0.29, 0.717) is 24.3 Å². The molecule has 2 aromatic carbocycles. The van der Waals surface area contributed by atoms with E-state index in [4.69, 9.17) is 4.74 Å². The number of fused-ring (bicyclic) bond motifs is 2. The van der Waals surface area contributed by atoms with E-state index in [1.165, 1.54) is 0 Å². The predicted molar refractivity (Wildman–Crippen MR) is 125 cm³/mol. The first-order chi connectivity index (χ1) is 15.9. The van der Waals surface area contributed by atoms with Crippen LogP contribution >= 0.6 is 0 Å². The summed E-state index contributed by atoms with van der Waals surface area (Å²) in [5, 5.41) is 5.89. The molecule has 33 heavy (non-hydrogen) atoms. The Morgan fingerprint density at radius 1 is 1.24 bits per heavy atom. The van der Waals surface area contributed by atoms with Crippen molar-refractivity contribution in [2.45, 2.75) is 19.0 Å². The van der Waals surface area contributed by atoms with E-state index in [-0.39, 0.29) is 12.5 Å². The van der Waals surface area contributed by atoms with E-state index in [0.717, 1.165) is 22.0 Å². The van der Waals surface area contributed by atoms with Crippen LogP contribution in [0.25, 0.3) is 17.0 Å². The molecule has 0 bridgehead atoms. The van der Waals surface area contributed by atoms with E-state index < -0.39 is 11.6 Å². The minimum Gasteiger partial charge on any atom is -0.497 e. The van der Waals surface area contributed by atoms with Crippen LogP contribution in [0.1, 0.15) is 28.4 Å². The molecule has 0 saturated carbocycles. The van der Waals surface area contributed by atoms with Crippen molar-refractivity contribution in [3.05, 3.63) is 77.5 Å². The fourth-order valence-electron chi connectivity index (χ4n) is 3.95. The zero-order chi connectivity index (χ0) is 23.4. The number of rotatable bonds is 7. The zero-order valence-electron chi connectivity index (χ0n) is 18.4. The molecular formula is C25H24N4O4. The first-order valence-corrected chi connectivity index (χ1v) is 10.4. The number of ether oxygens (including phenoxy) is 1. The fourth-order valence-corrected chi connectivity index (χ4v) is 3.95. The topological polar surface area (TPSA) is 101 Å². The van der Waals surface area contributed by atoms with Gasteiger partial charge in [0.2, 0.25) is 6.41 Å². The number of carbonyl (C=O) groups is 3. The van der Waals surface area contributed by atoms with Crippen LogP contribution in [0.5, 0.6) is 5.75 Å². The van der Waals surface area contributed by atoms with Gasteiger partial charge >= 0.3 is 6.03 Å². The van der Waals surface area contributed by atoms with E-state index in [1.807, 2.05) is 54.6 Å². The van der Waals surface area contributed by atoms with Crippen molar-refractivity contribution in [3.8, 4) is 5.75 Å². The predicted octanol–water partition coefficient (Wildman–Crippen LogP) is 3.13. The molecule has 0 saturated heterocycles. The number of hydrogen-bond donors (Lipinski definition) is 2. The summed E-state index contributed by atoms with van der Waals surface area (Å²) in [5.41, 5.74) is 2.34. The fraction of sp³-hybridized carbons (Fsp3) is 0.200. The van der Waals surface area contributed by atoms with Crippen molar-refractivity contribution in [1.82, 2.24) is 20.5 Å². The summed E-state index contributed by atoms with van der Waals surface area (Å²) in [7, 11) is 1.55. The van der Waals surface area contributed by atoms with Crippen LogP contribution in [0.15, 0.2) is 60.8 Å². The number of methoxy groups -OCH3 is 1. The Bertz CT molecular complexity index is 1260. The Morgan fingerprint density at radius 2 is 2.09 bits per heavy atom. The Hall–Kier alpha value is -4.20. The molecule has 0 spiro atoms. The average molecular weight is 444 g/mol. The summed E-state index contributed by atoms with van der Waals surface area (Å²) in [6.45, 7) is 2.42. The molecule has 1 atom stereocenters. The van der Waals surface area contributed by atoms with Crippen molar-refractivity contribution < 1.29 is 19.1 Å². The maximum absolute atomic E-state index is 13.0. The molecule has 1 aliphatic rings. The molecule has 4 rings (SSSR count). The summed E-state index contributed by atoms with van der Waals surface area (Å²) in [6, 6.07) is 14.5. The van der Waals surface area contributed by atoms with Gasteiger partial charge in [-0.1, -0.05) is 30.4 Å². The zero-order valence-corrected chi connectivity index (χ0v) is 18.4. The normalized spacial score (nSPS) is 14.7. The lowest BCUT2D eigenvalue weighted by Gasteiger charge is -2.32. The quantitative estimate of drug-likeness (QED) is 0.546. The molecule has 8 heteroatoms. The summed E-state index contributed by atoms with van der Waals surface area (Å²) in [4.78, 5) is 41.9. The molecule has 0 fully saturated rings. The number of urea groups is 1. The molecule has 8 nitrogen and oxygen atoms in total. The Kier molecular flexibility index (Phi) is 6.08. The van der Waals surface area contributed by atoms with Gasteiger partial charge in [-0.3, -0.25) is 19.9 Å². The number of nitrogens with zero attached hydrogens (tertiary/aromatic N) is 2. The Labute approximate surface area is 191 Å². The maximum atomic E-state index is 13.0. The van der Waals surface area contributed by atoms with Crippen molar-refractivity contribution in [1.29, 1.82) is 0 Å². The van der Waals surface area contributed by atoms with Gasteiger partial charge in [-0.15, -0.1) is 0 Å². The first-order valence-electron chi connectivity index (χ1n) is 10.4. The number of pyridine rings is 1. The van der Waals surface area contributed by atoms with Crippen LogP contribution in [0.3, 0.4) is 0 Å². The lowest BCUT2D eigenvalue weighted by atomic mass is 9.99. The highest BCUT2D eigenvalue weighted by Gasteiger charge is 2.34. The van der Waals surface area contributed by atoms with E-state index in [9.17, 15) is 14.4 Å². The van der Waals surface area contributed by atoms with Crippen molar-refractivity contribution >= 4 is 35.3 Å². The SMILES string of the molecule is COc1ccc2c(c1)C(=O)N(C[C@@](C)(/C=C\c1ccc3ncccc3c1)NC(=O)NC=O)C2. The Morgan fingerprint density at radius 3 is 2.88 bits per heavy atom. The molecule has 2 N–H and O–H groups in total. The van der Waals surface area contributed by atoms with Crippen LogP contribution in [0.2, 0.25) is 0 Å². The minimum absolute atomic E-state index is 0.141. The third-order valence-electron chi connectivity index (χ3n) is 5.57. The molecule has 4 amide bonds. The average Bonchev–Trinajstić information content (AvgIpc) is 3.11. The van der Waals surface area contributed by atoms with Gasteiger partial charge in [0.05, 0.1) is 18.2 Å². The van der Waals surface area contributed by atoms with Crippen molar-refractivity contribution in [3.63, 3.8) is 0 Å². The molecular weight excluding hydrogens is 420 g/mol. The van der Waals surface area contributed by atoms with Gasteiger partial charge in [0.1, 0.15) is 5.75 Å². The summed E-state index contributed by atoms with van der Waals surface area (Å²) >= 11 is 0. The van der Waals surface area contributed by atoms with Crippen LogP contribution in [-0.2, 0) is 11.3 Å². The van der Waals surface area contributed by atoms with Crippen LogP contribution in [0.4, 0.5) is 4.79 Å². The number of imide groups is 1. The Balaban J connectivity index is 1.59. The number of benzene rings is 2. The highest BCUT2D eigenvalue weighted by Crippen LogP contribution is 2.28. The van der Waals surface area contributed by atoms with Crippen molar-refractivity contribution in [2.24, 2.45) is 0 Å². The summed E-state index contributed by atoms with van der Waals surface area (Å²) < 4.78 is 5.24.